The van der Waals surface area contributed by atoms with Gasteiger partial charge in [-0.3, -0.25) is 4.57 Å². The van der Waals surface area contributed by atoms with Crippen LogP contribution in [0.25, 0.3) is 0 Å². The maximum atomic E-state index is 10.8. The molecular formula is C6H16NO3P. The van der Waals surface area contributed by atoms with Crippen molar-refractivity contribution in [2.24, 2.45) is 0 Å². The van der Waals surface area contributed by atoms with Crippen LogP contribution in [0.15, 0.2) is 0 Å². The maximum Gasteiger partial charge on any atom is 0.332 e. The van der Waals surface area contributed by atoms with Crippen LogP contribution in [0, 0.1) is 0 Å². The van der Waals surface area contributed by atoms with Crippen molar-refractivity contribution in [3.63, 3.8) is 0 Å². The Labute approximate surface area is 67.2 Å². The molecule has 68 valence electrons. The molecule has 0 rings (SSSR count). The molecule has 0 radical (unpaired) electrons. The van der Waals surface area contributed by atoms with Crippen molar-refractivity contribution in [3.8, 4) is 0 Å². The second-order valence-electron chi connectivity index (χ2n) is 3.14. The van der Waals surface area contributed by atoms with Crippen LogP contribution in [0.4, 0.5) is 0 Å². The Hall–Kier alpha value is 0.110. The summed E-state index contributed by atoms with van der Waals surface area (Å²) < 4.78 is 10.8. The van der Waals surface area contributed by atoms with Crippen molar-refractivity contribution < 1.29 is 14.4 Å². The molecule has 0 aromatic heterocycles. The van der Waals surface area contributed by atoms with Gasteiger partial charge in [-0.1, -0.05) is 6.92 Å². The highest BCUT2D eigenvalue weighted by Crippen LogP contribution is 2.49. The minimum atomic E-state index is -3.96. The lowest BCUT2D eigenvalue weighted by Crippen LogP contribution is -2.34. The van der Waals surface area contributed by atoms with E-state index in [0.717, 1.165) is 6.54 Å². The molecule has 0 unspecified atom stereocenters. The van der Waals surface area contributed by atoms with Crippen molar-refractivity contribution in [2.45, 2.75) is 25.9 Å². The van der Waals surface area contributed by atoms with Crippen LogP contribution in [0.1, 0.15) is 20.8 Å². The highest BCUT2D eigenvalue weighted by Gasteiger charge is 2.36. The van der Waals surface area contributed by atoms with Gasteiger partial charge in [0.25, 0.3) is 0 Å². The first-order chi connectivity index (χ1) is 4.81. The van der Waals surface area contributed by atoms with Crippen molar-refractivity contribution in [2.75, 3.05) is 13.1 Å². The summed E-state index contributed by atoms with van der Waals surface area (Å²) in [5.74, 6) is 0. The normalized spacial score (nSPS) is 13.5. The molecule has 0 saturated heterocycles. The fourth-order valence-corrected chi connectivity index (χ4v) is 0.852. The van der Waals surface area contributed by atoms with Crippen LogP contribution in [0.2, 0.25) is 0 Å². The van der Waals surface area contributed by atoms with Gasteiger partial charge in [-0.25, -0.2) is 0 Å². The van der Waals surface area contributed by atoms with E-state index in [2.05, 4.69) is 5.32 Å². The molecule has 0 aliphatic carbocycles. The number of rotatable bonds is 4. The Balaban J connectivity index is 4.11. The summed E-state index contributed by atoms with van der Waals surface area (Å²) >= 11 is 0. The first-order valence-electron chi connectivity index (χ1n) is 3.57. The van der Waals surface area contributed by atoms with Crippen LogP contribution >= 0.6 is 7.60 Å². The summed E-state index contributed by atoms with van der Waals surface area (Å²) in [5.41, 5.74) is 0. The van der Waals surface area contributed by atoms with Crippen LogP contribution < -0.4 is 5.32 Å². The van der Waals surface area contributed by atoms with Crippen molar-refractivity contribution in [1.29, 1.82) is 0 Å². The summed E-state index contributed by atoms with van der Waals surface area (Å²) in [6, 6.07) is 0. The van der Waals surface area contributed by atoms with Gasteiger partial charge in [0.05, 0.1) is 5.16 Å². The van der Waals surface area contributed by atoms with Crippen molar-refractivity contribution >= 4 is 7.60 Å². The molecule has 0 spiro atoms. The Kier molecular flexibility index (Phi) is 3.71. The van der Waals surface area contributed by atoms with Gasteiger partial charge in [0, 0.05) is 6.54 Å². The predicted octanol–water partition coefficient (Wildman–Crippen LogP) is 0.552. The van der Waals surface area contributed by atoms with Gasteiger partial charge >= 0.3 is 7.60 Å². The molecule has 0 fully saturated rings. The Morgan fingerprint density at radius 2 is 1.91 bits per heavy atom. The first kappa shape index (κ1) is 11.1. The van der Waals surface area contributed by atoms with Gasteiger partial charge in [-0.05, 0) is 20.4 Å². The fourth-order valence-electron chi connectivity index (χ4n) is 0.534. The third-order valence-corrected chi connectivity index (χ3v) is 3.33. The fraction of sp³-hybridized carbons (Fsp3) is 1.00. The minimum Gasteiger partial charge on any atom is -0.324 e. The Morgan fingerprint density at radius 3 is 2.18 bits per heavy atom. The number of nitrogens with one attached hydrogen (secondary N) is 1. The van der Waals surface area contributed by atoms with Gasteiger partial charge < -0.3 is 15.1 Å². The molecule has 0 saturated carbocycles. The molecule has 0 aromatic rings. The van der Waals surface area contributed by atoms with Crippen LogP contribution in [-0.4, -0.2) is 28.0 Å². The van der Waals surface area contributed by atoms with Crippen LogP contribution in [-0.2, 0) is 4.57 Å². The highest BCUT2D eigenvalue weighted by molar-refractivity contribution is 7.53. The van der Waals surface area contributed by atoms with Gasteiger partial charge in [0.15, 0.2) is 0 Å². The van der Waals surface area contributed by atoms with Gasteiger partial charge in [0.1, 0.15) is 0 Å². The average molecular weight is 181 g/mol. The molecule has 0 aliphatic rings. The van der Waals surface area contributed by atoms with E-state index in [9.17, 15) is 4.57 Å². The van der Waals surface area contributed by atoms with E-state index in [1.54, 1.807) is 13.8 Å². The smallest absolute Gasteiger partial charge is 0.324 e. The van der Waals surface area contributed by atoms with E-state index >= 15 is 0 Å². The van der Waals surface area contributed by atoms with Crippen molar-refractivity contribution in [1.82, 2.24) is 5.32 Å². The number of hydrogen-bond acceptors (Lipinski definition) is 2. The highest BCUT2D eigenvalue weighted by atomic mass is 31.2. The molecule has 3 N–H and O–H groups in total. The van der Waals surface area contributed by atoms with E-state index in [0.29, 0.717) is 6.54 Å². The van der Waals surface area contributed by atoms with Crippen LogP contribution in [0.5, 0.6) is 0 Å². The molecule has 5 heteroatoms. The Bertz CT molecular complexity index is 163. The molecule has 0 bridgehead atoms. The largest absolute Gasteiger partial charge is 0.332 e. The number of hydrogen-bond donors (Lipinski definition) is 3. The minimum absolute atomic E-state index is 0.341. The molecule has 0 atom stereocenters. The zero-order valence-electron chi connectivity index (χ0n) is 7.16. The second kappa shape index (κ2) is 3.68. The van der Waals surface area contributed by atoms with Crippen molar-refractivity contribution in [3.05, 3.63) is 0 Å². The van der Waals surface area contributed by atoms with Gasteiger partial charge in [0.2, 0.25) is 0 Å². The van der Waals surface area contributed by atoms with E-state index in [1.807, 2.05) is 6.92 Å². The SMILES string of the molecule is CCNCC(C)(C)P(=O)(O)O. The first-order valence-corrected chi connectivity index (χ1v) is 5.19. The maximum absolute atomic E-state index is 10.8. The molecule has 4 nitrogen and oxygen atoms in total. The summed E-state index contributed by atoms with van der Waals surface area (Å²) in [5, 5.41) is 1.95. The predicted molar refractivity (Wildman–Crippen MR) is 44.7 cm³/mol. The monoisotopic (exact) mass is 181 g/mol. The third kappa shape index (κ3) is 3.34. The lowest BCUT2D eigenvalue weighted by atomic mass is 10.2. The lowest BCUT2D eigenvalue weighted by molar-refractivity contribution is 0.332. The van der Waals surface area contributed by atoms with Gasteiger partial charge in [-0.15, -0.1) is 0 Å². The Morgan fingerprint density at radius 1 is 1.45 bits per heavy atom. The van der Waals surface area contributed by atoms with Gasteiger partial charge in [-0.2, -0.15) is 0 Å². The standard InChI is InChI=1S/C6H16NO3P/c1-4-7-5-6(2,3)11(8,9)10/h7H,4-5H2,1-3H3,(H2,8,9,10). The van der Waals surface area contributed by atoms with E-state index in [-0.39, 0.29) is 0 Å². The molecule has 0 amide bonds. The van der Waals surface area contributed by atoms with Crippen LogP contribution in [0.3, 0.4) is 0 Å². The van der Waals surface area contributed by atoms with E-state index in [4.69, 9.17) is 9.79 Å². The molecule has 0 heterocycles. The summed E-state index contributed by atoms with van der Waals surface area (Å²) in [7, 11) is -3.96. The zero-order valence-corrected chi connectivity index (χ0v) is 8.06. The zero-order chi connectivity index (χ0) is 9.12. The quantitative estimate of drug-likeness (QED) is 0.554. The average Bonchev–Trinajstić information content (AvgIpc) is 1.81. The van der Waals surface area contributed by atoms with E-state index < -0.39 is 12.8 Å². The molecule has 0 aromatic carbocycles. The third-order valence-electron chi connectivity index (χ3n) is 1.60. The lowest BCUT2D eigenvalue weighted by Gasteiger charge is -2.25. The van der Waals surface area contributed by atoms with E-state index in [1.165, 1.54) is 0 Å². The molecule has 11 heavy (non-hydrogen) atoms. The topological polar surface area (TPSA) is 69.6 Å². The summed E-state index contributed by atoms with van der Waals surface area (Å²) in [6.45, 7) is 6.07. The molecular weight excluding hydrogens is 165 g/mol. The summed E-state index contributed by atoms with van der Waals surface area (Å²) in [4.78, 5) is 17.7. The summed E-state index contributed by atoms with van der Waals surface area (Å²) in [6.07, 6.45) is 0. The second-order valence-corrected chi connectivity index (χ2v) is 5.44. The molecule has 0 aliphatic heterocycles.